The van der Waals surface area contributed by atoms with E-state index in [9.17, 15) is 0 Å². The Morgan fingerprint density at radius 3 is 2.83 bits per heavy atom. The van der Waals surface area contributed by atoms with E-state index in [2.05, 4.69) is 4.98 Å². The van der Waals surface area contributed by atoms with Gasteiger partial charge in [-0.1, -0.05) is 35.9 Å². The number of thioether (sulfide) groups is 1. The molecule has 0 saturated heterocycles. The van der Waals surface area contributed by atoms with Gasteiger partial charge in [-0.3, -0.25) is 0 Å². The van der Waals surface area contributed by atoms with E-state index in [4.69, 9.17) is 16.0 Å². The van der Waals surface area contributed by atoms with Crippen LogP contribution >= 0.6 is 23.4 Å². The highest BCUT2D eigenvalue weighted by Crippen LogP contribution is 2.37. The molecule has 1 aliphatic rings. The molecule has 2 nitrogen and oxygen atoms in total. The number of hydrogen-bond donors (Lipinski definition) is 0. The van der Waals surface area contributed by atoms with Gasteiger partial charge in [0.15, 0.2) is 5.76 Å². The van der Waals surface area contributed by atoms with Crippen LogP contribution in [0.15, 0.2) is 58.1 Å². The van der Waals surface area contributed by atoms with Crippen molar-refractivity contribution in [2.24, 2.45) is 0 Å². The lowest BCUT2D eigenvalue weighted by atomic mass is 10.2. The first-order valence-electron chi connectivity index (χ1n) is 5.55. The van der Waals surface area contributed by atoms with Gasteiger partial charge in [-0.2, -0.15) is 0 Å². The fourth-order valence-corrected chi connectivity index (χ4v) is 2.86. The molecule has 18 heavy (non-hydrogen) atoms. The van der Waals surface area contributed by atoms with Crippen LogP contribution in [0.1, 0.15) is 5.76 Å². The Hall–Kier alpha value is -1.45. The van der Waals surface area contributed by atoms with Gasteiger partial charge < -0.3 is 4.42 Å². The summed E-state index contributed by atoms with van der Waals surface area (Å²) in [5.41, 5.74) is 0.969. The number of nitrogens with zero attached hydrogens (tertiary/aromatic N) is 1. The van der Waals surface area contributed by atoms with Crippen molar-refractivity contribution in [2.45, 2.75) is 0 Å². The molecule has 1 aromatic carbocycles. The van der Waals surface area contributed by atoms with Crippen LogP contribution in [-0.4, -0.2) is 10.7 Å². The Labute approximate surface area is 114 Å². The normalized spacial score (nSPS) is 15.2. The molecule has 1 aliphatic heterocycles. The predicted molar refractivity (Wildman–Crippen MR) is 76.3 cm³/mol. The minimum Gasteiger partial charge on any atom is -0.436 e. The Balaban J connectivity index is 1.98. The van der Waals surface area contributed by atoms with E-state index >= 15 is 0 Å². The van der Waals surface area contributed by atoms with E-state index in [0.29, 0.717) is 10.9 Å². The number of hydrogen-bond acceptors (Lipinski definition) is 3. The lowest BCUT2D eigenvalue weighted by molar-refractivity contribution is 0.563. The van der Waals surface area contributed by atoms with Gasteiger partial charge in [0.25, 0.3) is 0 Å². The average Bonchev–Trinajstić information content (AvgIpc) is 2.90. The van der Waals surface area contributed by atoms with Crippen molar-refractivity contribution in [1.82, 2.24) is 4.98 Å². The van der Waals surface area contributed by atoms with Crippen LogP contribution in [0, 0.1) is 0 Å². The minimum absolute atomic E-state index is 0.623. The molecule has 0 radical (unpaired) electrons. The van der Waals surface area contributed by atoms with E-state index < -0.39 is 0 Å². The molecule has 0 N–H and O–H groups in total. The molecule has 3 rings (SSSR count). The number of halogens is 1. The molecule has 0 aliphatic carbocycles. The van der Waals surface area contributed by atoms with Crippen molar-refractivity contribution in [3.8, 4) is 11.5 Å². The van der Waals surface area contributed by atoms with Crippen LogP contribution in [-0.2, 0) is 0 Å². The first kappa shape index (κ1) is 11.6. The van der Waals surface area contributed by atoms with Crippen LogP contribution in [0.4, 0.5) is 0 Å². The van der Waals surface area contributed by atoms with Gasteiger partial charge in [-0.25, -0.2) is 4.98 Å². The number of rotatable bonds is 2. The summed E-state index contributed by atoms with van der Waals surface area (Å²) in [5, 5.41) is 0.710. The molecule has 0 saturated carbocycles. The molecule has 1 aromatic heterocycles. The highest BCUT2D eigenvalue weighted by Gasteiger charge is 2.15. The van der Waals surface area contributed by atoms with Gasteiger partial charge in [0.05, 0.1) is 16.1 Å². The molecule has 2 heterocycles. The zero-order chi connectivity index (χ0) is 12.4. The minimum atomic E-state index is 0.623. The van der Waals surface area contributed by atoms with Crippen LogP contribution in [0.5, 0.6) is 0 Å². The summed E-state index contributed by atoms with van der Waals surface area (Å²) in [6, 6.07) is 9.83. The van der Waals surface area contributed by atoms with Gasteiger partial charge in [-0.05, 0) is 18.2 Å². The molecule has 0 atom stereocenters. The highest BCUT2D eigenvalue weighted by atomic mass is 35.5. The molecule has 0 spiro atoms. The van der Waals surface area contributed by atoms with Crippen molar-refractivity contribution in [3.63, 3.8) is 0 Å². The van der Waals surface area contributed by atoms with Crippen molar-refractivity contribution < 1.29 is 4.42 Å². The summed E-state index contributed by atoms with van der Waals surface area (Å²) in [4.78, 5) is 5.25. The third-order valence-corrected chi connectivity index (χ3v) is 4.05. The number of oxazole rings is 1. The molecular weight excluding hydrogens is 266 g/mol. The summed E-state index contributed by atoms with van der Waals surface area (Å²) in [6.45, 7) is 0. The number of benzene rings is 1. The van der Waals surface area contributed by atoms with Gasteiger partial charge in [0.1, 0.15) is 0 Å². The summed E-state index contributed by atoms with van der Waals surface area (Å²) < 4.78 is 5.77. The second kappa shape index (κ2) is 5.04. The smallest absolute Gasteiger partial charge is 0.226 e. The molecule has 90 valence electrons. The second-order valence-electron chi connectivity index (χ2n) is 3.79. The fraction of sp³-hybridized carbons (Fsp3) is 0.0714. The summed E-state index contributed by atoms with van der Waals surface area (Å²) in [5.74, 6) is 2.26. The van der Waals surface area contributed by atoms with Gasteiger partial charge in [0.2, 0.25) is 5.89 Å². The lowest BCUT2D eigenvalue weighted by Gasteiger charge is -2.07. The third kappa shape index (κ3) is 2.24. The van der Waals surface area contributed by atoms with Crippen molar-refractivity contribution >= 4 is 28.3 Å². The lowest BCUT2D eigenvalue weighted by Crippen LogP contribution is -1.86. The number of allylic oxidation sites excluding steroid dienone is 2. The van der Waals surface area contributed by atoms with Gasteiger partial charge in [0, 0.05) is 11.3 Å². The van der Waals surface area contributed by atoms with Gasteiger partial charge in [-0.15, -0.1) is 11.8 Å². The Bertz CT molecular complexity index is 616. The first-order valence-corrected chi connectivity index (χ1v) is 6.92. The van der Waals surface area contributed by atoms with Crippen molar-refractivity contribution in [2.75, 3.05) is 5.75 Å². The molecule has 0 unspecified atom stereocenters. The molecular formula is C14H10ClNOS. The van der Waals surface area contributed by atoms with E-state index in [0.717, 1.165) is 22.0 Å². The SMILES string of the molecule is ClC1=C(c2cnc(-c3ccccc3)o2)SCC=C1. The summed E-state index contributed by atoms with van der Waals surface area (Å²) in [6.07, 6.45) is 5.66. The second-order valence-corrected chi connectivity index (χ2v) is 5.22. The molecule has 4 heteroatoms. The maximum Gasteiger partial charge on any atom is 0.226 e. The van der Waals surface area contributed by atoms with Crippen LogP contribution in [0.3, 0.4) is 0 Å². The Morgan fingerprint density at radius 2 is 2.06 bits per heavy atom. The largest absolute Gasteiger partial charge is 0.436 e. The third-order valence-electron chi connectivity index (χ3n) is 2.56. The topological polar surface area (TPSA) is 26.0 Å². The maximum absolute atomic E-state index is 6.16. The van der Waals surface area contributed by atoms with E-state index in [1.54, 1.807) is 18.0 Å². The summed E-state index contributed by atoms with van der Waals surface area (Å²) in [7, 11) is 0. The Morgan fingerprint density at radius 1 is 1.22 bits per heavy atom. The van der Waals surface area contributed by atoms with E-state index in [-0.39, 0.29) is 0 Å². The molecule has 0 amide bonds. The number of aromatic nitrogens is 1. The monoisotopic (exact) mass is 275 g/mol. The highest BCUT2D eigenvalue weighted by molar-refractivity contribution is 8.08. The van der Waals surface area contributed by atoms with E-state index in [1.165, 1.54) is 0 Å². The average molecular weight is 276 g/mol. The summed E-state index contributed by atoms with van der Waals surface area (Å²) >= 11 is 7.82. The maximum atomic E-state index is 6.16. The van der Waals surface area contributed by atoms with E-state index in [1.807, 2.05) is 42.5 Å². The zero-order valence-corrected chi connectivity index (χ0v) is 11.0. The fourth-order valence-electron chi connectivity index (χ4n) is 1.71. The van der Waals surface area contributed by atoms with Gasteiger partial charge >= 0.3 is 0 Å². The van der Waals surface area contributed by atoms with Crippen molar-refractivity contribution in [1.29, 1.82) is 0 Å². The molecule has 0 bridgehead atoms. The quantitative estimate of drug-likeness (QED) is 0.804. The first-order chi connectivity index (χ1) is 8.84. The Kier molecular flexibility index (Phi) is 3.26. The van der Waals surface area contributed by atoms with Crippen LogP contribution < -0.4 is 0 Å². The standard InChI is InChI=1S/C14H10ClNOS/c15-11-7-4-8-18-13(11)12-9-16-14(17-12)10-5-2-1-3-6-10/h1-7,9H,8H2. The van der Waals surface area contributed by atoms with Crippen LogP contribution in [0.2, 0.25) is 0 Å². The molecule has 0 fully saturated rings. The van der Waals surface area contributed by atoms with Crippen molar-refractivity contribution in [3.05, 3.63) is 59.5 Å². The zero-order valence-electron chi connectivity index (χ0n) is 9.47. The molecule has 2 aromatic rings. The predicted octanol–water partition coefficient (Wildman–Crippen LogP) is 4.55. The van der Waals surface area contributed by atoms with Crippen LogP contribution in [0.25, 0.3) is 16.4 Å².